The first kappa shape index (κ1) is 15.9. The third-order valence-electron chi connectivity index (χ3n) is 4.40. The van der Waals surface area contributed by atoms with E-state index in [4.69, 9.17) is 10.00 Å². The van der Waals surface area contributed by atoms with Crippen LogP contribution in [0.1, 0.15) is 16.7 Å². The Morgan fingerprint density at radius 3 is 2.83 bits per heavy atom. The lowest BCUT2D eigenvalue weighted by Crippen LogP contribution is -2.47. The molecule has 0 aromatic heterocycles. The molecule has 0 spiro atoms. The van der Waals surface area contributed by atoms with Crippen molar-refractivity contribution in [3.05, 3.63) is 53.1 Å². The first-order valence-corrected chi connectivity index (χ1v) is 7.74. The topological polar surface area (TPSA) is 73.6 Å². The zero-order chi connectivity index (χ0) is 17.3. The lowest BCUT2D eigenvalue weighted by molar-refractivity contribution is -0.126. The van der Waals surface area contributed by atoms with Crippen LogP contribution in [-0.2, 0) is 11.2 Å². The average Bonchev–Trinajstić information content (AvgIpc) is 2.55. The largest absolute Gasteiger partial charge is 0.508 e. The highest BCUT2D eigenvalue weighted by Crippen LogP contribution is 2.37. The van der Waals surface area contributed by atoms with Crippen molar-refractivity contribution in [3.63, 3.8) is 0 Å². The van der Waals surface area contributed by atoms with Crippen molar-refractivity contribution in [2.45, 2.75) is 26.4 Å². The molecule has 122 valence electrons. The molecular formula is C19H18N2O3. The van der Waals surface area contributed by atoms with E-state index in [2.05, 4.69) is 0 Å². The van der Waals surface area contributed by atoms with Gasteiger partial charge in [-0.1, -0.05) is 18.2 Å². The number of nitriles is 1. The molecule has 2 aromatic carbocycles. The van der Waals surface area contributed by atoms with E-state index in [9.17, 15) is 9.90 Å². The summed E-state index contributed by atoms with van der Waals surface area (Å²) in [6, 6.07) is 12.5. The van der Waals surface area contributed by atoms with Gasteiger partial charge in [-0.15, -0.1) is 0 Å². The number of aromatic hydroxyl groups is 1. The molecule has 1 aliphatic rings. The van der Waals surface area contributed by atoms with E-state index < -0.39 is 6.10 Å². The summed E-state index contributed by atoms with van der Waals surface area (Å²) in [6.07, 6.45) is -0.295. The summed E-state index contributed by atoms with van der Waals surface area (Å²) in [5.41, 5.74) is 3.83. The quantitative estimate of drug-likeness (QED) is 0.882. The molecule has 3 rings (SSSR count). The summed E-state index contributed by atoms with van der Waals surface area (Å²) in [5, 5.41) is 18.7. The van der Waals surface area contributed by atoms with Gasteiger partial charge < -0.3 is 9.84 Å². The fraction of sp³-hybridized carbons (Fsp3) is 0.263. The van der Waals surface area contributed by atoms with Gasteiger partial charge in [-0.3, -0.25) is 9.69 Å². The fourth-order valence-electron chi connectivity index (χ4n) is 2.91. The lowest BCUT2D eigenvalue weighted by Gasteiger charge is -2.33. The number of hydrogen-bond acceptors (Lipinski definition) is 4. The molecule has 1 atom stereocenters. The molecular weight excluding hydrogens is 304 g/mol. The minimum Gasteiger partial charge on any atom is -0.508 e. The normalized spacial score (nSPS) is 16.3. The molecule has 1 heterocycles. The molecule has 1 unspecified atom stereocenters. The third-order valence-corrected chi connectivity index (χ3v) is 4.40. The Kier molecular flexibility index (Phi) is 4.13. The molecule has 0 bridgehead atoms. The van der Waals surface area contributed by atoms with E-state index in [-0.39, 0.29) is 18.2 Å². The van der Waals surface area contributed by atoms with E-state index in [1.807, 2.05) is 38.1 Å². The number of hydrogen-bond donors (Lipinski definition) is 1. The number of carbonyl (C=O) groups excluding carboxylic acids is 1. The van der Waals surface area contributed by atoms with Gasteiger partial charge in [-0.05, 0) is 42.7 Å². The van der Waals surface area contributed by atoms with Crippen LogP contribution >= 0.6 is 0 Å². The molecule has 1 amide bonds. The fourth-order valence-corrected chi connectivity index (χ4v) is 2.91. The smallest absolute Gasteiger partial charge is 0.269 e. The average molecular weight is 322 g/mol. The highest BCUT2D eigenvalue weighted by atomic mass is 16.5. The van der Waals surface area contributed by atoms with Crippen LogP contribution in [0.25, 0.3) is 0 Å². The van der Waals surface area contributed by atoms with Gasteiger partial charge in [0.15, 0.2) is 6.10 Å². The number of rotatable bonds is 3. The summed E-state index contributed by atoms with van der Waals surface area (Å²) in [4.78, 5) is 14.2. The van der Waals surface area contributed by atoms with Crippen LogP contribution in [0.3, 0.4) is 0 Å². The van der Waals surface area contributed by atoms with Gasteiger partial charge in [0.2, 0.25) is 0 Å². The first-order chi connectivity index (χ1) is 11.5. The molecule has 1 aliphatic heterocycles. The Bertz CT molecular complexity index is 839. The molecule has 0 radical (unpaired) electrons. The maximum atomic E-state index is 12.8. The number of ether oxygens (including phenoxy) is 1. The highest BCUT2D eigenvalue weighted by Gasteiger charge is 2.34. The predicted molar refractivity (Wildman–Crippen MR) is 90.1 cm³/mol. The summed E-state index contributed by atoms with van der Waals surface area (Å²) >= 11 is 0. The molecule has 5 nitrogen and oxygen atoms in total. The minimum absolute atomic E-state index is 0.0523. The maximum absolute atomic E-state index is 12.8. The van der Waals surface area contributed by atoms with Gasteiger partial charge >= 0.3 is 0 Å². The van der Waals surface area contributed by atoms with E-state index >= 15 is 0 Å². The van der Waals surface area contributed by atoms with Crippen molar-refractivity contribution < 1.29 is 14.6 Å². The van der Waals surface area contributed by atoms with Crippen LogP contribution in [0.2, 0.25) is 0 Å². The first-order valence-electron chi connectivity index (χ1n) is 7.74. The second kappa shape index (κ2) is 6.25. The summed E-state index contributed by atoms with van der Waals surface area (Å²) in [6.45, 7) is 3.99. The molecule has 0 fully saturated rings. The molecule has 1 N–H and O–H groups in total. The Hall–Kier alpha value is -3.00. The Morgan fingerprint density at radius 1 is 1.29 bits per heavy atom. The Balaban J connectivity index is 1.96. The number of fused-ring (bicyclic) bond motifs is 1. The van der Waals surface area contributed by atoms with Gasteiger partial charge in [0.25, 0.3) is 5.91 Å². The van der Waals surface area contributed by atoms with Gasteiger partial charge in [0.05, 0.1) is 11.8 Å². The Morgan fingerprint density at radius 2 is 2.08 bits per heavy atom. The van der Waals surface area contributed by atoms with Crippen molar-refractivity contribution in [2.24, 2.45) is 0 Å². The summed E-state index contributed by atoms with van der Waals surface area (Å²) in [7, 11) is 0. The van der Waals surface area contributed by atoms with Crippen molar-refractivity contribution in [3.8, 4) is 17.6 Å². The molecule has 5 heteroatoms. The predicted octanol–water partition coefficient (Wildman–Crippen LogP) is 2.87. The van der Waals surface area contributed by atoms with E-state index in [1.165, 1.54) is 17.0 Å². The highest BCUT2D eigenvalue weighted by molar-refractivity contribution is 6.00. The van der Waals surface area contributed by atoms with Gasteiger partial charge in [-0.2, -0.15) is 5.26 Å². The second-order valence-corrected chi connectivity index (χ2v) is 5.90. The lowest BCUT2D eigenvalue weighted by atomic mass is 9.97. The van der Waals surface area contributed by atoms with E-state index in [1.54, 1.807) is 6.07 Å². The number of benzene rings is 2. The van der Waals surface area contributed by atoms with Crippen LogP contribution in [0.15, 0.2) is 36.4 Å². The van der Waals surface area contributed by atoms with Gasteiger partial charge in [0, 0.05) is 12.5 Å². The number of phenols is 1. The number of nitrogens with zero attached hydrogens (tertiary/aromatic N) is 2. The maximum Gasteiger partial charge on any atom is 0.269 e. The van der Waals surface area contributed by atoms with Crippen LogP contribution < -0.4 is 9.64 Å². The second-order valence-electron chi connectivity index (χ2n) is 5.90. The van der Waals surface area contributed by atoms with Gasteiger partial charge in [0.1, 0.15) is 18.0 Å². The standard InChI is InChI=1S/C19H18N2O3/c1-12-4-3-5-14(13(12)2)10-18-19(23)21(9-8-20)16-7-6-15(22)11-17(16)24-18/h3-7,11,18,22H,9-10H2,1-2H3. The zero-order valence-electron chi connectivity index (χ0n) is 13.6. The van der Waals surface area contributed by atoms with Crippen LogP contribution in [-0.4, -0.2) is 23.7 Å². The monoisotopic (exact) mass is 322 g/mol. The molecule has 24 heavy (non-hydrogen) atoms. The van der Waals surface area contributed by atoms with Crippen LogP contribution in [0.5, 0.6) is 11.5 Å². The number of aryl methyl sites for hydroxylation is 1. The number of carbonyl (C=O) groups is 1. The SMILES string of the molecule is Cc1cccc(CC2Oc3cc(O)ccc3N(CC#N)C2=O)c1C. The summed E-state index contributed by atoms with van der Waals surface area (Å²) < 4.78 is 5.84. The van der Waals surface area contributed by atoms with Crippen molar-refractivity contribution in [1.29, 1.82) is 5.26 Å². The van der Waals surface area contributed by atoms with Crippen molar-refractivity contribution in [2.75, 3.05) is 11.4 Å². The number of anilines is 1. The molecule has 0 saturated carbocycles. The van der Waals surface area contributed by atoms with E-state index in [0.717, 1.165) is 16.7 Å². The number of phenolic OH excluding ortho intramolecular Hbond substituents is 1. The zero-order valence-corrected chi connectivity index (χ0v) is 13.6. The third kappa shape index (κ3) is 2.79. The Labute approximate surface area is 140 Å². The molecule has 0 aliphatic carbocycles. The number of amides is 1. The van der Waals surface area contributed by atoms with Crippen LogP contribution in [0.4, 0.5) is 5.69 Å². The minimum atomic E-state index is -0.715. The molecule has 0 saturated heterocycles. The molecule has 2 aromatic rings. The summed E-state index contributed by atoms with van der Waals surface area (Å²) in [5.74, 6) is 0.237. The van der Waals surface area contributed by atoms with E-state index in [0.29, 0.717) is 17.9 Å². The van der Waals surface area contributed by atoms with Crippen LogP contribution in [0, 0.1) is 25.2 Å². The van der Waals surface area contributed by atoms with Crippen molar-refractivity contribution in [1.82, 2.24) is 0 Å². The van der Waals surface area contributed by atoms with Crippen molar-refractivity contribution >= 4 is 11.6 Å². The van der Waals surface area contributed by atoms with Gasteiger partial charge in [-0.25, -0.2) is 0 Å².